The van der Waals surface area contributed by atoms with E-state index in [0.29, 0.717) is 50.3 Å². The summed E-state index contributed by atoms with van der Waals surface area (Å²) in [7, 11) is 0. The maximum Gasteiger partial charge on any atom is 0.417 e. The highest BCUT2D eigenvalue weighted by Crippen LogP contribution is 2.40. The molecule has 28 heavy (non-hydrogen) atoms. The van der Waals surface area contributed by atoms with Gasteiger partial charge in [-0.2, -0.15) is 13.2 Å². The van der Waals surface area contributed by atoms with Crippen molar-refractivity contribution >= 4 is 17.0 Å². The number of alkyl halides is 3. The van der Waals surface area contributed by atoms with Crippen LogP contribution in [0.4, 0.5) is 13.2 Å². The number of aromatic nitrogens is 2. The standard InChI is InChI=1S/C19H22F3N3O3/c1-2-12-10-13(19(20,21)22)15-16(24-28-17(15)23-12)11-5-7-25(8-6-11)18(26)14-4-3-9-27-14/h10-11,14H,2-9H2,1H3/t14-/m0/s1. The quantitative estimate of drug-likeness (QED) is 0.790. The molecule has 1 atom stereocenters. The smallest absolute Gasteiger partial charge is 0.368 e. The van der Waals surface area contributed by atoms with E-state index in [9.17, 15) is 18.0 Å². The van der Waals surface area contributed by atoms with Crippen LogP contribution in [0.25, 0.3) is 11.1 Å². The first-order chi connectivity index (χ1) is 13.4. The monoisotopic (exact) mass is 397 g/mol. The molecular formula is C19H22F3N3O3. The lowest BCUT2D eigenvalue weighted by Gasteiger charge is -2.32. The predicted molar refractivity (Wildman–Crippen MR) is 93.7 cm³/mol. The van der Waals surface area contributed by atoms with E-state index >= 15 is 0 Å². The molecule has 0 bridgehead atoms. The number of piperidine rings is 1. The third-order valence-electron chi connectivity index (χ3n) is 5.59. The van der Waals surface area contributed by atoms with Gasteiger partial charge < -0.3 is 14.2 Å². The van der Waals surface area contributed by atoms with E-state index in [2.05, 4.69) is 10.1 Å². The second-order valence-electron chi connectivity index (χ2n) is 7.36. The molecule has 2 aromatic rings. The molecule has 2 aliphatic heterocycles. The second-order valence-corrected chi connectivity index (χ2v) is 7.36. The summed E-state index contributed by atoms with van der Waals surface area (Å²) in [5.74, 6) is -0.226. The molecule has 0 saturated carbocycles. The molecule has 9 heteroatoms. The van der Waals surface area contributed by atoms with Gasteiger partial charge in [-0.1, -0.05) is 12.1 Å². The molecular weight excluding hydrogens is 375 g/mol. The topological polar surface area (TPSA) is 68.5 Å². The number of aryl methyl sites for hydroxylation is 1. The third kappa shape index (κ3) is 3.47. The van der Waals surface area contributed by atoms with E-state index in [0.717, 1.165) is 18.9 Å². The lowest BCUT2D eigenvalue weighted by molar-refractivity contribution is -0.142. The predicted octanol–water partition coefficient (Wildman–Crippen LogP) is 3.69. The van der Waals surface area contributed by atoms with E-state index in [1.165, 1.54) is 0 Å². The molecule has 0 spiro atoms. The number of hydrogen-bond donors (Lipinski definition) is 0. The average molecular weight is 397 g/mol. The van der Waals surface area contributed by atoms with Crippen LogP contribution >= 0.6 is 0 Å². The molecule has 1 amide bonds. The summed E-state index contributed by atoms with van der Waals surface area (Å²) in [5, 5.41) is 3.90. The van der Waals surface area contributed by atoms with Gasteiger partial charge in [0.2, 0.25) is 0 Å². The number of likely N-dealkylation sites (tertiary alicyclic amines) is 1. The number of carbonyl (C=O) groups excluding carboxylic acids is 1. The minimum Gasteiger partial charge on any atom is -0.368 e. The van der Waals surface area contributed by atoms with Gasteiger partial charge in [-0.25, -0.2) is 4.98 Å². The van der Waals surface area contributed by atoms with Gasteiger partial charge in [-0.15, -0.1) is 0 Å². The van der Waals surface area contributed by atoms with E-state index in [-0.39, 0.29) is 29.0 Å². The normalized spacial score (nSPS) is 21.6. The van der Waals surface area contributed by atoms with Crippen LogP contribution in [0, 0.1) is 0 Å². The molecule has 4 rings (SSSR count). The van der Waals surface area contributed by atoms with Crippen LogP contribution in [0.5, 0.6) is 0 Å². The number of halogens is 3. The van der Waals surface area contributed by atoms with Gasteiger partial charge in [0.05, 0.1) is 16.6 Å². The van der Waals surface area contributed by atoms with Gasteiger partial charge in [-0.05, 0) is 38.2 Å². The summed E-state index contributed by atoms with van der Waals surface area (Å²) >= 11 is 0. The molecule has 152 valence electrons. The zero-order chi connectivity index (χ0) is 19.9. The van der Waals surface area contributed by atoms with Crippen molar-refractivity contribution in [3.8, 4) is 0 Å². The van der Waals surface area contributed by atoms with E-state index in [1.54, 1.807) is 11.8 Å². The highest BCUT2D eigenvalue weighted by atomic mass is 19.4. The summed E-state index contributed by atoms with van der Waals surface area (Å²) in [6, 6.07) is 1.08. The van der Waals surface area contributed by atoms with Crippen molar-refractivity contribution in [2.24, 2.45) is 0 Å². The molecule has 0 radical (unpaired) electrons. The molecule has 2 fully saturated rings. The summed E-state index contributed by atoms with van der Waals surface area (Å²) in [6.07, 6.45) is -1.84. The Bertz CT molecular complexity index is 866. The van der Waals surface area contributed by atoms with Crippen molar-refractivity contribution in [1.82, 2.24) is 15.0 Å². The number of rotatable bonds is 3. The summed E-state index contributed by atoms with van der Waals surface area (Å²) in [5.41, 5.74) is -0.204. The van der Waals surface area contributed by atoms with Crippen molar-refractivity contribution in [1.29, 1.82) is 0 Å². The minimum atomic E-state index is -4.51. The lowest BCUT2D eigenvalue weighted by Crippen LogP contribution is -2.43. The number of amides is 1. The molecule has 4 heterocycles. The minimum absolute atomic E-state index is 0.0220. The summed E-state index contributed by atoms with van der Waals surface area (Å²) in [4.78, 5) is 18.4. The van der Waals surface area contributed by atoms with E-state index < -0.39 is 11.7 Å². The zero-order valence-electron chi connectivity index (χ0n) is 15.6. The van der Waals surface area contributed by atoms with Crippen LogP contribution in [0.2, 0.25) is 0 Å². The van der Waals surface area contributed by atoms with E-state index in [1.807, 2.05) is 0 Å². The Labute approximate surface area is 160 Å². The van der Waals surface area contributed by atoms with Crippen LogP contribution in [-0.2, 0) is 22.1 Å². The number of carbonyl (C=O) groups is 1. The molecule has 0 aliphatic carbocycles. The van der Waals surface area contributed by atoms with E-state index in [4.69, 9.17) is 9.26 Å². The summed E-state index contributed by atoms with van der Waals surface area (Å²) in [6.45, 7) is 3.29. The van der Waals surface area contributed by atoms with Gasteiger partial charge in [-0.3, -0.25) is 4.79 Å². The van der Waals surface area contributed by atoms with Crippen LogP contribution in [0.15, 0.2) is 10.6 Å². The fraction of sp³-hybridized carbons (Fsp3) is 0.632. The number of fused-ring (bicyclic) bond motifs is 1. The Morgan fingerprint density at radius 1 is 1.29 bits per heavy atom. The first-order valence-electron chi connectivity index (χ1n) is 9.65. The highest BCUT2D eigenvalue weighted by molar-refractivity contribution is 5.82. The Kier molecular flexibility index (Phi) is 5.03. The molecule has 2 aromatic heterocycles. The molecule has 2 saturated heterocycles. The number of pyridine rings is 1. The number of ether oxygens (including phenoxy) is 1. The van der Waals surface area contributed by atoms with Crippen molar-refractivity contribution in [2.75, 3.05) is 19.7 Å². The van der Waals surface area contributed by atoms with Gasteiger partial charge in [0.25, 0.3) is 11.6 Å². The van der Waals surface area contributed by atoms with Crippen LogP contribution in [0.1, 0.15) is 55.5 Å². The molecule has 6 nitrogen and oxygen atoms in total. The van der Waals surface area contributed by atoms with Crippen LogP contribution in [-0.4, -0.2) is 46.7 Å². The second kappa shape index (κ2) is 7.35. The Hall–Kier alpha value is -2.16. The number of nitrogens with zero attached hydrogens (tertiary/aromatic N) is 3. The largest absolute Gasteiger partial charge is 0.417 e. The zero-order valence-corrected chi connectivity index (χ0v) is 15.6. The maximum absolute atomic E-state index is 13.6. The Morgan fingerprint density at radius 3 is 2.64 bits per heavy atom. The SMILES string of the molecule is CCc1cc(C(F)(F)F)c2c(C3CCN(C(=O)[C@@H]4CCCO4)CC3)noc2n1. The Balaban J connectivity index is 1.58. The molecule has 2 aliphatic rings. The Morgan fingerprint density at radius 2 is 2.04 bits per heavy atom. The van der Waals surface area contributed by atoms with Crippen molar-refractivity contribution < 1.29 is 27.2 Å². The lowest BCUT2D eigenvalue weighted by atomic mass is 9.90. The highest BCUT2D eigenvalue weighted by Gasteiger charge is 2.38. The maximum atomic E-state index is 13.6. The van der Waals surface area contributed by atoms with Crippen LogP contribution in [0.3, 0.4) is 0 Å². The fourth-order valence-corrected chi connectivity index (χ4v) is 4.06. The van der Waals surface area contributed by atoms with Crippen molar-refractivity contribution in [3.05, 3.63) is 23.0 Å². The summed E-state index contributed by atoms with van der Waals surface area (Å²) < 4.78 is 51.5. The van der Waals surface area contributed by atoms with Gasteiger partial charge >= 0.3 is 6.18 Å². The number of hydrogen-bond acceptors (Lipinski definition) is 5. The van der Waals surface area contributed by atoms with Gasteiger partial charge in [0, 0.05) is 31.3 Å². The first-order valence-corrected chi connectivity index (χ1v) is 9.65. The van der Waals surface area contributed by atoms with Crippen LogP contribution < -0.4 is 0 Å². The van der Waals surface area contributed by atoms with Crippen molar-refractivity contribution in [3.63, 3.8) is 0 Å². The fourth-order valence-electron chi connectivity index (χ4n) is 4.06. The average Bonchev–Trinajstić information content (AvgIpc) is 3.36. The molecule has 0 N–H and O–H groups in total. The third-order valence-corrected chi connectivity index (χ3v) is 5.59. The van der Waals surface area contributed by atoms with Gasteiger partial charge in [0.15, 0.2) is 0 Å². The molecule has 0 unspecified atom stereocenters. The molecule has 0 aromatic carbocycles. The van der Waals surface area contributed by atoms with Crippen molar-refractivity contribution in [2.45, 2.75) is 57.2 Å². The first kappa shape index (κ1) is 19.2. The van der Waals surface area contributed by atoms with Gasteiger partial charge in [0.1, 0.15) is 6.10 Å².